The summed E-state index contributed by atoms with van der Waals surface area (Å²) in [6.07, 6.45) is 1.45. The molecule has 3 rings (SSSR count). The van der Waals surface area contributed by atoms with Crippen molar-refractivity contribution in [1.29, 1.82) is 0 Å². The molecule has 1 heterocycles. The van der Waals surface area contributed by atoms with Gasteiger partial charge in [0.1, 0.15) is 22.5 Å². The quantitative estimate of drug-likeness (QED) is 0.771. The molecular weight excluding hydrogens is 266 g/mol. The molecule has 0 radical (unpaired) electrons. The van der Waals surface area contributed by atoms with Crippen LogP contribution in [0.4, 0.5) is 0 Å². The first-order valence-corrected chi connectivity index (χ1v) is 6.94. The molecule has 0 aliphatic heterocycles. The predicted octanol–water partition coefficient (Wildman–Crippen LogP) is 2.36. The third kappa shape index (κ3) is 2.73. The molecule has 1 aromatic heterocycles. The normalized spacial score (nSPS) is 11.1. The fourth-order valence-corrected chi connectivity index (χ4v) is 2.30. The minimum atomic E-state index is 0.139. The summed E-state index contributed by atoms with van der Waals surface area (Å²) >= 11 is 0. The topological polar surface area (TPSA) is 71.2 Å². The molecule has 5 heteroatoms. The van der Waals surface area contributed by atoms with E-state index in [4.69, 9.17) is 5.11 Å². The standard InChI is InChI=1S/C16H17N3O2/c1-11-4-6-13-14(9-11)18-19(17-13)15-10-12(3-2-8-20)5-7-16(15)21/h4-7,9-10,20-21H,2-3,8H2,1H3. The van der Waals surface area contributed by atoms with Crippen molar-refractivity contribution >= 4 is 11.0 Å². The lowest BCUT2D eigenvalue weighted by Crippen LogP contribution is -2.00. The number of aliphatic hydroxyl groups excluding tert-OH is 1. The lowest BCUT2D eigenvalue weighted by molar-refractivity contribution is 0.288. The molecule has 2 aromatic carbocycles. The first-order valence-electron chi connectivity index (χ1n) is 6.94. The number of rotatable bonds is 4. The van der Waals surface area contributed by atoms with E-state index in [0.29, 0.717) is 12.1 Å². The summed E-state index contributed by atoms with van der Waals surface area (Å²) in [6, 6.07) is 11.2. The molecule has 0 atom stereocenters. The van der Waals surface area contributed by atoms with Gasteiger partial charge in [0.15, 0.2) is 0 Å². The Morgan fingerprint density at radius 1 is 1.05 bits per heavy atom. The van der Waals surface area contributed by atoms with Gasteiger partial charge < -0.3 is 10.2 Å². The van der Waals surface area contributed by atoms with Crippen molar-refractivity contribution in [1.82, 2.24) is 15.0 Å². The summed E-state index contributed by atoms with van der Waals surface area (Å²) in [4.78, 5) is 1.46. The van der Waals surface area contributed by atoms with E-state index in [1.165, 1.54) is 4.80 Å². The van der Waals surface area contributed by atoms with Gasteiger partial charge in [0, 0.05) is 6.61 Å². The molecule has 0 saturated heterocycles. The highest BCUT2D eigenvalue weighted by atomic mass is 16.3. The Bertz CT molecular complexity index is 780. The summed E-state index contributed by atoms with van der Waals surface area (Å²) < 4.78 is 0. The molecule has 21 heavy (non-hydrogen) atoms. The summed E-state index contributed by atoms with van der Waals surface area (Å²) in [5, 5.41) is 27.8. The molecule has 2 N–H and O–H groups in total. The van der Waals surface area contributed by atoms with E-state index in [0.717, 1.165) is 28.6 Å². The van der Waals surface area contributed by atoms with E-state index in [9.17, 15) is 5.11 Å². The molecule has 0 bridgehead atoms. The fraction of sp³-hybridized carbons (Fsp3) is 0.250. The molecule has 5 nitrogen and oxygen atoms in total. The number of aliphatic hydroxyl groups is 1. The number of hydrogen-bond donors (Lipinski definition) is 2. The zero-order valence-corrected chi connectivity index (χ0v) is 11.8. The SMILES string of the molecule is Cc1ccc2nn(-c3cc(CCCO)ccc3O)nc2c1. The molecule has 0 spiro atoms. The lowest BCUT2D eigenvalue weighted by Gasteiger charge is -2.06. The van der Waals surface area contributed by atoms with Crippen molar-refractivity contribution in [3.8, 4) is 11.4 Å². The van der Waals surface area contributed by atoms with Gasteiger partial charge in [0.05, 0.1) is 0 Å². The number of phenolic OH excluding ortho intramolecular Hbond substituents is 1. The third-order valence-corrected chi connectivity index (χ3v) is 3.41. The smallest absolute Gasteiger partial charge is 0.143 e. The van der Waals surface area contributed by atoms with Crippen LogP contribution in [-0.2, 0) is 6.42 Å². The maximum Gasteiger partial charge on any atom is 0.143 e. The van der Waals surface area contributed by atoms with E-state index >= 15 is 0 Å². The van der Waals surface area contributed by atoms with Crippen LogP contribution in [0.2, 0.25) is 0 Å². The van der Waals surface area contributed by atoms with E-state index < -0.39 is 0 Å². The molecule has 0 amide bonds. The molecule has 0 fully saturated rings. The zero-order valence-electron chi connectivity index (χ0n) is 11.8. The van der Waals surface area contributed by atoms with Crippen LogP contribution >= 0.6 is 0 Å². The van der Waals surface area contributed by atoms with Crippen LogP contribution in [0.25, 0.3) is 16.7 Å². The van der Waals surface area contributed by atoms with E-state index in [2.05, 4.69) is 10.2 Å². The molecule has 0 aliphatic carbocycles. The number of phenols is 1. The first-order chi connectivity index (χ1) is 10.2. The van der Waals surface area contributed by atoms with Gasteiger partial charge >= 0.3 is 0 Å². The van der Waals surface area contributed by atoms with Gasteiger partial charge in [0.25, 0.3) is 0 Å². The lowest BCUT2D eigenvalue weighted by atomic mass is 10.1. The summed E-state index contributed by atoms with van der Waals surface area (Å²) in [6.45, 7) is 2.16. The average molecular weight is 283 g/mol. The Labute approximate surface area is 122 Å². The van der Waals surface area contributed by atoms with Crippen LogP contribution in [-0.4, -0.2) is 31.8 Å². The predicted molar refractivity (Wildman–Crippen MR) is 80.7 cm³/mol. The largest absolute Gasteiger partial charge is 0.506 e. The molecule has 0 saturated carbocycles. The van der Waals surface area contributed by atoms with Crippen molar-refractivity contribution in [2.75, 3.05) is 6.61 Å². The monoisotopic (exact) mass is 283 g/mol. The fourth-order valence-electron chi connectivity index (χ4n) is 2.30. The zero-order chi connectivity index (χ0) is 14.8. The van der Waals surface area contributed by atoms with E-state index in [1.54, 1.807) is 6.07 Å². The molecule has 0 aliphatic rings. The highest BCUT2D eigenvalue weighted by molar-refractivity contribution is 5.74. The van der Waals surface area contributed by atoms with E-state index in [-0.39, 0.29) is 12.4 Å². The minimum absolute atomic E-state index is 0.139. The van der Waals surface area contributed by atoms with Gasteiger partial charge in [-0.1, -0.05) is 12.1 Å². The van der Waals surface area contributed by atoms with Crippen molar-refractivity contribution in [2.45, 2.75) is 19.8 Å². The Morgan fingerprint density at radius 3 is 2.67 bits per heavy atom. The number of nitrogens with zero attached hydrogens (tertiary/aromatic N) is 3. The Kier molecular flexibility index (Phi) is 3.58. The second-order valence-electron chi connectivity index (χ2n) is 5.13. The molecule has 0 unspecified atom stereocenters. The van der Waals surface area contributed by atoms with Crippen molar-refractivity contribution in [3.63, 3.8) is 0 Å². The van der Waals surface area contributed by atoms with Crippen molar-refractivity contribution in [3.05, 3.63) is 47.5 Å². The summed E-state index contributed by atoms with van der Waals surface area (Å²) in [7, 11) is 0. The van der Waals surface area contributed by atoms with Gasteiger partial charge in [0.2, 0.25) is 0 Å². The average Bonchev–Trinajstić information content (AvgIpc) is 2.89. The first kappa shape index (κ1) is 13.6. The Morgan fingerprint density at radius 2 is 1.86 bits per heavy atom. The van der Waals surface area contributed by atoms with Crippen LogP contribution in [0, 0.1) is 6.92 Å². The molecule has 108 valence electrons. The van der Waals surface area contributed by atoms with Crippen molar-refractivity contribution < 1.29 is 10.2 Å². The summed E-state index contributed by atoms with van der Waals surface area (Å²) in [5.41, 5.74) is 4.31. The van der Waals surface area contributed by atoms with Gasteiger partial charge in [-0.15, -0.1) is 15.0 Å². The number of aryl methyl sites for hydroxylation is 2. The summed E-state index contributed by atoms with van der Waals surface area (Å²) in [5.74, 6) is 0.139. The highest BCUT2D eigenvalue weighted by Crippen LogP contribution is 2.24. The van der Waals surface area contributed by atoms with Gasteiger partial charge in [-0.2, -0.15) is 0 Å². The molecule has 3 aromatic rings. The van der Waals surface area contributed by atoms with E-state index in [1.807, 2.05) is 37.3 Å². The maximum absolute atomic E-state index is 10.0. The van der Waals surface area contributed by atoms with Crippen molar-refractivity contribution in [2.24, 2.45) is 0 Å². The van der Waals surface area contributed by atoms with Gasteiger partial charge in [-0.3, -0.25) is 0 Å². The number of fused-ring (bicyclic) bond motifs is 1. The number of aromatic hydroxyl groups is 1. The maximum atomic E-state index is 10.0. The van der Waals surface area contributed by atoms with Gasteiger partial charge in [-0.25, -0.2) is 0 Å². The number of hydrogen-bond acceptors (Lipinski definition) is 4. The second kappa shape index (κ2) is 5.54. The second-order valence-corrected chi connectivity index (χ2v) is 5.13. The van der Waals surface area contributed by atoms with Crippen LogP contribution in [0.5, 0.6) is 5.75 Å². The highest BCUT2D eigenvalue weighted by Gasteiger charge is 2.10. The number of aromatic nitrogens is 3. The molecular formula is C16H17N3O2. The van der Waals surface area contributed by atoms with Crippen LogP contribution < -0.4 is 0 Å². The number of benzene rings is 2. The van der Waals surface area contributed by atoms with Crippen LogP contribution in [0.1, 0.15) is 17.5 Å². The minimum Gasteiger partial charge on any atom is -0.506 e. The van der Waals surface area contributed by atoms with Crippen LogP contribution in [0.3, 0.4) is 0 Å². The van der Waals surface area contributed by atoms with Crippen LogP contribution in [0.15, 0.2) is 36.4 Å². The Balaban J connectivity index is 2.04. The van der Waals surface area contributed by atoms with Gasteiger partial charge in [-0.05, 0) is 55.2 Å². The Hall–Kier alpha value is -2.40. The third-order valence-electron chi connectivity index (χ3n) is 3.41.